The Balaban J connectivity index is 3.52. The van der Waals surface area contributed by atoms with Gasteiger partial charge in [0, 0.05) is 0 Å². The summed E-state index contributed by atoms with van der Waals surface area (Å²) in [5.41, 5.74) is 0. The molecule has 41 heavy (non-hydrogen) atoms. The molecule has 0 aromatic rings. The fourth-order valence-corrected chi connectivity index (χ4v) is 14.4. The topological polar surface area (TPSA) is 0 Å². The SMILES string of the molecule is CCCCCCCCCCCCCCCCCCS(CCCCCCCCCCCCCCCCCC)=P(S)(S)S. The standard InChI is InChI=1S/C36H77PS4/c1-3-5-7-9-11-13-15-17-19-21-23-25-27-29-31-33-35-41(37(38,39)40)36-34-32-30-28-26-24-22-20-18-16-14-12-10-8-6-4-2/h38-40H,3-36H2,1-2H3. The molecule has 0 aliphatic heterocycles. The Morgan fingerprint density at radius 1 is 0.293 bits per heavy atom. The average molecular weight is 669 g/mol. The Morgan fingerprint density at radius 2 is 0.463 bits per heavy atom. The first-order valence-corrected chi connectivity index (χ1v) is 26.2. The van der Waals surface area contributed by atoms with Gasteiger partial charge >= 0.3 is 0 Å². The molecule has 0 nitrogen and oxygen atoms in total. The molecule has 0 heterocycles. The van der Waals surface area contributed by atoms with E-state index in [1.165, 1.54) is 217 Å². The van der Waals surface area contributed by atoms with Gasteiger partial charge in [0.05, 0.1) is 3.64 Å². The van der Waals surface area contributed by atoms with Crippen molar-refractivity contribution in [3.05, 3.63) is 0 Å². The second-order valence-electron chi connectivity index (χ2n) is 13.0. The molecule has 0 bridgehead atoms. The lowest BCUT2D eigenvalue weighted by Gasteiger charge is -2.17. The minimum atomic E-state index is -1.59. The van der Waals surface area contributed by atoms with Crippen LogP contribution in [-0.4, -0.2) is 11.5 Å². The molecule has 0 saturated heterocycles. The van der Waals surface area contributed by atoms with Crippen LogP contribution in [0.2, 0.25) is 0 Å². The first-order chi connectivity index (χ1) is 20.0. The van der Waals surface area contributed by atoms with E-state index < -0.39 is 3.64 Å². The van der Waals surface area contributed by atoms with E-state index in [2.05, 4.69) is 13.8 Å². The summed E-state index contributed by atoms with van der Waals surface area (Å²) in [5, 5.41) is 0. The number of hydrogen-bond donors (Lipinski definition) is 3. The molecular weight excluding hydrogens is 592 g/mol. The highest BCUT2D eigenvalue weighted by molar-refractivity contribution is 9.17. The molecule has 0 saturated carbocycles. The summed E-state index contributed by atoms with van der Waals surface area (Å²) >= 11 is 14.6. The van der Waals surface area contributed by atoms with Crippen LogP contribution < -0.4 is 0 Å². The van der Waals surface area contributed by atoms with E-state index in [4.69, 9.17) is 36.7 Å². The molecular formula is C36H77PS4. The normalized spacial score (nSPS) is 12.1. The second-order valence-corrected chi connectivity index (χ2v) is 29.6. The van der Waals surface area contributed by atoms with Crippen molar-refractivity contribution in [2.24, 2.45) is 0 Å². The molecule has 0 rings (SSSR count). The first-order valence-electron chi connectivity index (χ1n) is 18.8. The van der Waals surface area contributed by atoms with Crippen LogP contribution in [0.1, 0.15) is 219 Å². The minimum Gasteiger partial charge on any atom is -0.163 e. The third kappa shape index (κ3) is 34.5. The predicted molar refractivity (Wildman–Crippen MR) is 210 cm³/mol. The van der Waals surface area contributed by atoms with Crippen LogP contribution in [0.4, 0.5) is 0 Å². The summed E-state index contributed by atoms with van der Waals surface area (Å²) in [6, 6.07) is 0. The summed E-state index contributed by atoms with van der Waals surface area (Å²) in [6.07, 6.45) is 46.1. The number of rotatable bonds is 34. The molecule has 0 aliphatic rings. The van der Waals surface area contributed by atoms with Crippen LogP contribution in [0, 0.1) is 0 Å². The van der Waals surface area contributed by atoms with Gasteiger partial charge in [-0.15, -0.1) is 36.7 Å². The lowest BCUT2D eigenvalue weighted by atomic mass is 10.0. The van der Waals surface area contributed by atoms with E-state index in [1.807, 2.05) is 0 Å². The average Bonchev–Trinajstić information content (AvgIpc) is 2.95. The first kappa shape index (κ1) is 42.8. The molecule has 0 unspecified atom stereocenters. The maximum absolute atomic E-state index is 4.86. The van der Waals surface area contributed by atoms with Gasteiger partial charge in [0.1, 0.15) is 0 Å². The fourth-order valence-electron chi connectivity index (χ4n) is 5.98. The van der Waals surface area contributed by atoms with Crippen LogP contribution in [0.5, 0.6) is 0 Å². The van der Waals surface area contributed by atoms with E-state index >= 15 is 0 Å². The Kier molecular flexibility index (Phi) is 36.2. The zero-order valence-corrected chi connectivity index (χ0v) is 32.6. The van der Waals surface area contributed by atoms with Gasteiger partial charge in [-0.3, -0.25) is 0 Å². The van der Waals surface area contributed by atoms with Crippen molar-refractivity contribution >= 4 is 50.5 Å². The van der Waals surface area contributed by atoms with Gasteiger partial charge in [-0.1, -0.05) is 206 Å². The summed E-state index contributed by atoms with van der Waals surface area (Å²) in [5.74, 6) is 2.64. The van der Waals surface area contributed by atoms with Gasteiger partial charge in [-0.25, -0.2) is 0 Å². The largest absolute Gasteiger partial charge is 0.163 e. The maximum atomic E-state index is 4.86. The molecule has 0 aromatic heterocycles. The quantitative estimate of drug-likeness (QED) is 0.0339. The van der Waals surface area contributed by atoms with Crippen molar-refractivity contribution in [2.45, 2.75) is 219 Å². The summed E-state index contributed by atoms with van der Waals surface area (Å²) < 4.78 is -1.59. The summed E-state index contributed by atoms with van der Waals surface area (Å²) in [6.45, 7) is 4.61. The van der Waals surface area contributed by atoms with Gasteiger partial charge in [-0.05, 0) is 24.3 Å². The van der Waals surface area contributed by atoms with E-state index in [-0.39, 0.29) is 0 Å². The van der Waals surface area contributed by atoms with Crippen LogP contribution >= 0.6 is 40.4 Å². The molecule has 0 amide bonds. The van der Waals surface area contributed by atoms with Crippen molar-refractivity contribution in [1.29, 1.82) is 0 Å². The monoisotopic (exact) mass is 668 g/mol. The highest BCUT2D eigenvalue weighted by Crippen LogP contribution is 2.65. The van der Waals surface area contributed by atoms with E-state index in [0.29, 0.717) is 10.1 Å². The fraction of sp³-hybridized carbons (Fsp3) is 1.00. The number of thiol groups is 3. The van der Waals surface area contributed by atoms with Gasteiger partial charge < -0.3 is 0 Å². The minimum absolute atomic E-state index is 0.327. The highest BCUT2D eigenvalue weighted by atomic mass is 33.5. The predicted octanol–water partition coefficient (Wildman–Crippen LogP) is 15.6. The molecule has 0 atom stereocenters. The Hall–Kier alpha value is 1.83. The smallest absolute Gasteiger partial charge is 0.0620 e. The third-order valence-electron chi connectivity index (χ3n) is 8.81. The molecule has 250 valence electrons. The molecule has 0 aromatic carbocycles. The highest BCUT2D eigenvalue weighted by Gasteiger charge is 2.08. The lowest BCUT2D eigenvalue weighted by molar-refractivity contribution is 0.531. The van der Waals surface area contributed by atoms with Gasteiger partial charge in [0.15, 0.2) is 0 Å². The second kappa shape index (κ2) is 34.7. The Morgan fingerprint density at radius 3 is 0.634 bits per heavy atom. The van der Waals surface area contributed by atoms with E-state index in [9.17, 15) is 0 Å². The third-order valence-corrected chi connectivity index (χ3v) is 20.4. The van der Waals surface area contributed by atoms with E-state index in [1.54, 1.807) is 0 Å². The van der Waals surface area contributed by atoms with Crippen molar-refractivity contribution in [3.8, 4) is 0 Å². The van der Waals surface area contributed by atoms with Crippen LogP contribution in [0.3, 0.4) is 0 Å². The molecule has 0 spiro atoms. The van der Waals surface area contributed by atoms with Gasteiger partial charge in [-0.2, -0.15) is 10.1 Å². The Bertz CT molecular complexity index is 514. The van der Waals surface area contributed by atoms with Crippen molar-refractivity contribution in [1.82, 2.24) is 0 Å². The molecule has 0 fully saturated rings. The maximum Gasteiger partial charge on any atom is 0.0620 e. The molecule has 0 N–H and O–H groups in total. The molecule has 5 heteroatoms. The number of unbranched alkanes of at least 4 members (excludes halogenated alkanes) is 30. The lowest BCUT2D eigenvalue weighted by Crippen LogP contribution is -2.02. The van der Waals surface area contributed by atoms with E-state index in [0.717, 1.165) is 0 Å². The number of hydrogen-bond acceptors (Lipinski definition) is 0. The molecule has 0 aliphatic carbocycles. The zero-order valence-electron chi connectivity index (χ0n) is 28.2. The van der Waals surface area contributed by atoms with Crippen LogP contribution in [0.15, 0.2) is 0 Å². The van der Waals surface area contributed by atoms with Crippen LogP contribution in [-0.2, 0) is 10.1 Å². The van der Waals surface area contributed by atoms with Crippen molar-refractivity contribution in [3.63, 3.8) is 0 Å². The summed E-state index contributed by atoms with van der Waals surface area (Å²) in [4.78, 5) is 0. The van der Waals surface area contributed by atoms with Crippen molar-refractivity contribution < 1.29 is 0 Å². The van der Waals surface area contributed by atoms with Crippen LogP contribution in [0.25, 0.3) is 0 Å². The summed E-state index contributed by atoms with van der Waals surface area (Å²) in [7, 11) is 0.327. The van der Waals surface area contributed by atoms with Gasteiger partial charge in [0.2, 0.25) is 0 Å². The van der Waals surface area contributed by atoms with Gasteiger partial charge in [0.25, 0.3) is 0 Å². The Labute approximate surface area is 279 Å². The molecule has 0 radical (unpaired) electrons. The van der Waals surface area contributed by atoms with Crippen molar-refractivity contribution in [2.75, 3.05) is 11.5 Å². The zero-order chi connectivity index (χ0) is 30.1.